The number of benzene rings is 1. The molecule has 2 aliphatic heterocycles. The van der Waals surface area contributed by atoms with Crippen LogP contribution in [0.15, 0.2) is 24.3 Å². The summed E-state index contributed by atoms with van der Waals surface area (Å²) in [7, 11) is 1.81. The number of carbonyl (C=O) groups is 1. The molecule has 1 aromatic rings. The predicted octanol–water partition coefficient (Wildman–Crippen LogP) is 0.826. The van der Waals surface area contributed by atoms with Gasteiger partial charge in [0, 0.05) is 25.6 Å². The summed E-state index contributed by atoms with van der Waals surface area (Å²) in [6.45, 7) is 4.97. The summed E-state index contributed by atoms with van der Waals surface area (Å²) in [5.41, 5.74) is 9.05. The van der Waals surface area contributed by atoms with E-state index < -0.39 is 0 Å². The number of hydrogen-bond acceptors (Lipinski definition) is 6. The van der Waals surface area contributed by atoms with Crippen LogP contribution in [-0.2, 0) is 9.63 Å². The monoisotopic (exact) mass is 366 g/mol. The normalized spacial score (nSPS) is 31.2. The summed E-state index contributed by atoms with van der Waals surface area (Å²) >= 11 is 0. The van der Waals surface area contributed by atoms with Gasteiger partial charge in [-0.15, -0.1) is 0 Å². The number of hydroxylamine groups is 1. The molecule has 3 rings (SSSR count). The second-order valence-electron chi connectivity index (χ2n) is 7.13. The molecule has 144 valence electrons. The molecule has 2 fully saturated rings. The van der Waals surface area contributed by atoms with Gasteiger partial charge in [-0.25, -0.2) is 9.82 Å². The molecule has 0 aromatic heterocycles. The Balaban J connectivity index is 1.47. The molecule has 8 heteroatoms. The van der Waals surface area contributed by atoms with E-state index in [0.717, 1.165) is 0 Å². The lowest BCUT2D eigenvalue weighted by molar-refractivity contribution is -0.132. The van der Waals surface area contributed by atoms with E-state index in [4.69, 9.17) is 9.57 Å². The number of hydrogen-bond donors (Lipinski definition) is 3. The maximum atomic E-state index is 13.6. The van der Waals surface area contributed by atoms with Gasteiger partial charge >= 0.3 is 0 Å². The molecule has 0 spiro atoms. The minimum absolute atomic E-state index is 0.0252. The first-order chi connectivity index (χ1) is 12.5. The van der Waals surface area contributed by atoms with Crippen molar-refractivity contribution in [1.29, 1.82) is 0 Å². The molecule has 1 aromatic carbocycles. The molecule has 7 nitrogen and oxygen atoms in total. The van der Waals surface area contributed by atoms with E-state index in [-0.39, 0.29) is 54.2 Å². The van der Waals surface area contributed by atoms with Crippen LogP contribution in [0, 0.1) is 11.7 Å². The lowest BCUT2D eigenvalue weighted by atomic mass is 9.96. The van der Waals surface area contributed by atoms with Crippen LogP contribution in [0.5, 0.6) is 5.75 Å². The van der Waals surface area contributed by atoms with Crippen molar-refractivity contribution in [3.63, 3.8) is 0 Å². The number of para-hydroxylation sites is 1. The lowest BCUT2D eigenvalue weighted by Crippen LogP contribution is -2.47. The van der Waals surface area contributed by atoms with Crippen LogP contribution in [0.2, 0.25) is 0 Å². The molecule has 0 saturated carbocycles. The zero-order valence-corrected chi connectivity index (χ0v) is 15.4. The third-order valence-electron chi connectivity index (χ3n) is 5.10. The molecule has 5 atom stereocenters. The van der Waals surface area contributed by atoms with E-state index >= 15 is 0 Å². The summed E-state index contributed by atoms with van der Waals surface area (Å²) in [5, 5.41) is 0. The van der Waals surface area contributed by atoms with E-state index in [0.29, 0.717) is 13.0 Å². The van der Waals surface area contributed by atoms with Crippen molar-refractivity contribution in [2.75, 3.05) is 20.2 Å². The molecule has 0 aliphatic carbocycles. The highest BCUT2D eigenvalue weighted by Crippen LogP contribution is 2.21. The predicted molar refractivity (Wildman–Crippen MR) is 94.6 cm³/mol. The third-order valence-corrected chi connectivity index (χ3v) is 5.10. The van der Waals surface area contributed by atoms with Crippen molar-refractivity contribution in [1.82, 2.24) is 21.2 Å². The fourth-order valence-corrected chi connectivity index (χ4v) is 3.42. The minimum atomic E-state index is -0.388. The largest absolute Gasteiger partial charge is 0.489 e. The average molecular weight is 366 g/mol. The van der Waals surface area contributed by atoms with Crippen LogP contribution in [0.4, 0.5) is 4.39 Å². The molecule has 3 N–H and O–H groups in total. The van der Waals surface area contributed by atoms with Crippen LogP contribution in [0.3, 0.4) is 0 Å². The fraction of sp³-hybridized carbons (Fsp3) is 0.611. The van der Waals surface area contributed by atoms with Crippen LogP contribution < -0.4 is 21.1 Å². The van der Waals surface area contributed by atoms with Crippen molar-refractivity contribution >= 4 is 5.91 Å². The second-order valence-corrected chi connectivity index (χ2v) is 7.13. The van der Waals surface area contributed by atoms with Gasteiger partial charge in [0.05, 0.1) is 12.1 Å². The highest BCUT2D eigenvalue weighted by molar-refractivity contribution is 5.82. The van der Waals surface area contributed by atoms with Gasteiger partial charge in [0.1, 0.15) is 12.6 Å². The van der Waals surface area contributed by atoms with Gasteiger partial charge in [0.15, 0.2) is 11.6 Å². The smallest absolute Gasteiger partial charge is 0.240 e. The highest BCUT2D eigenvalue weighted by atomic mass is 19.1. The number of likely N-dealkylation sites (N-methyl/N-ethyl adjacent to an activating group) is 1. The Morgan fingerprint density at radius 2 is 2.12 bits per heavy atom. The summed E-state index contributed by atoms with van der Waals surface area (Å²) in [6, 6.07) is 6.12. The molecule has 1 amide bonds. The van der Waals surface area contributed by atoms with E-state index in [1.807, 2.05) is 14.0 Å². The lowest BCUT2D eigenvalue weighted by Gasteiger charge is -2.26. The summed E-state index contributed by atoms with van der Waals surface area (Å²) in [5.74, 6) is 0.107. The van der Waals surface area contributed by atoms with Gasteiger partial charge in [0.25, 0.3) is 0 Å². The second kappa shape index (κ2) is 8.30. The van der Waals surface area contributed by atoms with Gasteiger partial charge in [-0.3, -0.25) is 15.1 Å². The molecule has 2 aliphatic rings. The Kier molecular flexibility index (Phi) is 6.08. The van der Waals surface area contributed by atoms with Crippen molar-refractivity contribution in [2.24, 2.45) is 5.92 Å². The molecular weight excluding hydrogens is 339 g/mol. The van der Waals surface area contributed by atoms with Gasteiger partial charge in [-0.1, -0.05) is 12.1 Å². The van der Waals surface area contributed by atoms with Crippen LogP contribution >= 0.6 is 0 Å². The number of nitrogens with one attached hydrogen (secondary N) is 3. The van der Waals surface area contributed by atoms with Crippen LogP contribution in [0.25, 0.3) is 0 Å². The fourth-order valence-electron chi connectivity index (χ4n) is 3.42. The Morgan fingerprint density at radius 1 is 1.35 bits per heavy atom. The number of hydrazine groups is 1. The third kappa shape index (κ3) is 4.32. The van der Waals surface area contributed by atoms with E-state index in [1.54, 1.807) is 23.1 Å². The number of amides is 1. The number of rotatable bonds is 6. The SMILES string of the molecule is CC1NOC(C)C1CN(C)C(=O)C1CC(COc2ccccc2F)NN1. The molecule has 5 unspecified atom stereocenters. The average Bonchev–Trinajstić information content (AvgIpc) is 3.22. The number of halogens is 1. The summed E-state index contributed by atoms with van der Waals surface area (Å²) in [4.78, 5) is 19.8. The maximum absolute atomic E-state index is 13.6. The highest BCUT2D eigenvalue weighted by Gasteiger charge is 2.36. The number of nitrogens with zero attached hydrogens (tertiary/aromatic N) is 1. The van der Waals surface area contributed by atoms with Gasteiger partial charge in [-0.05, 0) is 32.4 Å². The molecule has 2 heterocycles. The van der Waals surface area contributed by atoms with Crippen LogP contribution in [-0.4, -0.2) is 55.2 Å². The number of carbonyl (C=O) groups excluding carboxylic acids is 1. The van der Waals surface area contributed by atoms with Crippen molar-refractivity contribution in [2.45, 2.75) is 44.5 Å². The van der Waals surface area contributed by atoms with Crippen molar-refractivity contribution in [3.05, 3.63) is 30.1 Å². The maximum Gasteiger partial charge on any atom is 0.240 e. The Bertz CT molecular complexity index is 622. The Hall–Kier alpha value is -1.74. The molecule has 0 radical (unpaired) electrons. The quantitative estimate of drug-likeness (QED) is 0.692. The Labute approximate surface area is 153 Å². The number of ether oxygens (including phenoxy) is 1. The van der Waals surface area contributed by atoms with E-state index in [1.165, 1.54) is 6.07 Å². The molecule has 2 saturated heterocycles. The van der Waals surface area contributed by atoms with Crippen LogP contribution in [0.1, 0.15) is 20.3 Å². The zero-order chi connectivity index (χ0) is 18.7. The van der Waals surface area contributed by atoms with Crippen molar-refractivity contribution in [3.8, 4) is 5.75 Å². The standard InChI is InChI=1S/C18H27FN4O3/c1-11-14(12(2)26-22-11)9-23(3)18(24)16-8-13(20-21-16)10-25-17-7-5-4-6-15(17)19/h4-7,11-14,16,20-22H,8-10H2,1-3H3. The first kappa shape index (κ1) is 19.0. The van der Waals surface area contributed by atoms with E-state index in [9.17, 15) is 9.18 Å². The topological polar surface area (TPSA) is 74.9 Å². The van der Waals surface area contributed by atoms with E-state index in [2.05, 4.69) is 23.3 Å². The molecule has 26 heavy (non-hydrogen) atoms. The first-order valence-electron chi connectivity index (χ1n) is 9.00. The molecule has 0 bridgehead atoms. The van der Waals surface area contributed by atoms with Gasteiger partial charge in [0.2, 0.25) is 5.91 Å². The van der Waals surface area contributed by atoms with Gasteiger partial charge < -0.3 is 9.64 Å². The minimum Gasteiger partial charge on any atom is -0.489 e. The Morgan fingerprint density at radius 3 is 2.81 bits per heavy atom. The zero-order valence-electron chi connectivity index (χ0n) is 15.4. The summed E-state index contributed by atoms with van der Waals surface area (Å²) < 4.78 is 19.1. The van der Waals surface area contributed by atoms with Gasteiger partial charge in [-0.2, -0.15) is 5.48 Å². The van der Waals surface area contributed by atoms with Crippen molar-refractivity contribution < 1.29 is 18.8 Å². The first-order valence-corrected chi connectivity index (χ1v) is 9.00. The summed E-state index contributed by atoms with van der Waals surface area (Å²) in [6.07, 6.45) is 0.652. The molecular formula is C18H27FN4O3.